The van der Waals surface area contributed by atoms with E-state index in [1.54, 1.807) is 28.6 Å². The van der Waals surface area contributed by atoms with Crippen LogP contribution in [0.5, 0.6) is 0 Å². The summed E-state index contributed by atoms with van der Waals surface area (Å²) in [7, 11) is 1.89. The SMILES string of the molecule is Cn1cc(SCc2ccc(F)c(Br)c2)cn1. The zero-order valence-electron chi connectivity index (χ0n) is 8.65. The molecular formula is C11H10BrFN2S. The van der Waals surface area contributed by atoms with Crippen molar-refractivity contribution in [3.8, 4) is 0 Å². The van der Waals surface area contributed by atoms with Gasteiger partial charge in [0.15, 0.2) is 0 Å². The highest BCUT2D eigenvalue weighted by Crippen LogP contribution is 2.24. The number of thioether (sulfide) groups is 1. The third-order valence-electron chi connectivity index (χ3n) is 2.07. The van der Waals surface area contributed by atoms with Gasteiger partial charge in [-0.05, 0) is 33.6 Å². The summed E-state index contributed by atoms with van der Waals surface area (Å²) in [4.78, 5) is 1.11. The molecule has 0 radical (unpaired) electrons. The highest BCUT2D eigenvalue weighted by atomic mass is 79.9. The molecule has 0 aliphatic carbocycles. The Morgan fingerprint density at radius 1 is 1.50 bits per heavy atom. The Bertz CT molecular complexity index is 498. The summed E-state index contributed by atoms with van der Waals surface area (Å²) in [5, 5.41) is 4.09. The van der Waals surface area contributed by atoms with E-state index in [2.05, 4.69) is 21.0 Å². The highest BCUT2D eigenvalue weighted by Gasteiger charge is 2.02. The second kappa shape index (κ2) is 5.01. The normalized spacial score (nSPS) is 10.7. The van der Waals surface area contributed by atoms with Crippen LogP contribution in [-0.2, 0) is 12.8 Å². The molecule has 0 spiro atoms. The summed E-state index contributed by atoms with van der Waals surface area (Å²) in [5.74, 6) is 0.583. The summed E-state index contributed by atoms with van der Waals surface area (Å²) in [6.45, 7) is 0. The van der Waals surface area contributed by atoms with Gasteiger partial charge < -0.3 is 0 Å². The van der Waals surface area contributed by atoms with Crippen molar-refractivity contribution in [2.75, 3.05) is 0 Å². The van der Waals surface area contributed by atoms with Crippen LogP contribution in [0.1, 0.15) is 5.56 Å². The monoisotopic (exact) mass is 300 g/mol. The fourth-order valence-electron chi connectivity index (χ4n) is 1.27. The number of aryl methyl sites for hydroxylation is 1. The van der Waals surface area contributed by atoms with Crippen molar-refractivity contribution in [3.63, 3.8) is 0 Å². The molecule has 0 unspecified atom stereocenters. The van der Waals surface area contributed by atoms with Gasteiger partial charge in [0.1, 0.15) is 5.82 Å². The topological polar surface area (TPSA) is 17.8 Å². The zero-order valence-corrected chi connectivity index (χ0v) is 11.1. The summed E-state index contributed by atoms with van der Waals surface area (Å²) in [6, 6.07) is 5.07. The van der Waals surface area contributed by atoms with Gasteiger partial charge in [-0.2, -0.15) is 5.10 Å². The van der Waals surface area contributed by atoms with Crippen LogP contribution in [0, 0.1) is 5.82 Å². The molecule has 0 atom stereocenters. The fraction of sp³-hybridized carbons (Fsp3) is 0.182. The second-order valence-corrected chi connectivity index (χ2v) is 5.29. The lowest BCUT2D eigenvalue weighted by atomic mass is 10.2. The van der Waals surface area contributed by atoms with Crippen molar-refractivity contribution in [1.29, 1.82) is 0 Å². The molecule has 0 amide bonds. The van der Waals surface area contributed by atoms with Crippen molar-refractivity contribution < 1.29 is 4.39 Å². The Balaban J connectivity index is 2.02. The number of hydrogen-bond acceptors (Lipinski definition) is 2. The summed E-state index contributed by atoms with van der Waals surface area (Å²) in [6.07, 6.45) is 3.78. The largest absolute Gasteiger partial charge is 0.275 e. The summed E-state index contributed by atoms with van der Waals surface area (Å²) in [5.41, 5.74) is 1.09. The molecule has 5 heteroatoms. The molecule has 0 aliphatic heterocycles. The number of rotatable bonds is 3. The van der Waals surface area contributed by atoms with Crippen LogP contribution in [0.25, 0.3) is 0 Å². The molecular weight excluding hydrogens is 291 g/mol. The highest BCUT2D eigenvalue weighted by molar-refractivity contribution is 9.10. The minimum atomic E-state index is -0.227. The van der Waals surface area contributed by atoms with Crippen LogP contribution in [-0.4, -0.2) is 9.78 Å². The van der Waals surface area contributed by atoms with E-state index in [1.807, 2.05) is 19.4 Å². The molecule has 2 rings (SSSR count). The Hall–Kier alpha value is -0.810. The molecule has 2 aromatic rings. The quantitative estimate of drug-likeness (QED) is 0.806. The van der Waals surface area contributed by atoms with E-state index >= 15 is 0 Å². The maximum atomic E-state index is 13.0. The minimum absolute atomic E-state index is 0.227. The van der Waals surface area contributed by atoms with Gasteiger partial charge >= 0.3 is 0 Å². The number of halogens is 2. The fourth-order valence-corrected chi connectivity index (χ4v) is 2.56. The predicted octanol–water partition coefficient (Wildman–Crippen LogP) is 3.61. The molecule has 0 aliphatic rings. The first-order chi connectivity index (χ1) is 7.65. The Labute approximate surface area is 106 Å². The van der Waals surface area contributed by atoms with Crippen molar-refractivity contribution in [2.24, 2.45) is 7.05 Å². The van der Waals surface area contributed by atoms with Crippen LogP contribution >= 0.6 is 27.7 Å². The Morgan fingerprint density at radius 3 is 2.94 bits per heavy atom. The maximum Gasteiger partial charge on any atom is 0.137 e. The first kappa shape index (κ1) is 11.7. The molecule has 0 saturated heterocycles. The van der Waals surface area contributed by atoms with Crippen molar-refractivity contribution >= 4 is 27.7 Å². The van der Waals surface area contributed by atoms with E-state index in [-0.39, 0.29) is 5.82 Å². The molecule has 0 fully saturated rings. The van der Waals surface area contributed by atoms with Gasteiger partial charge in [0.25, 0.3) is 0 Å². The van der Waals surface area contributed by atoms with Crippen molar-refractivity contribution in [1.82, 2.24) is 9.78 Å². The second-order valence-electron chi connectivity index (χ2n) is 3.39. The molecule has 0 N–H and O–H groups in total. The molecule has 1 aromatic carbocycles. The van der Waals surface area contributed by atoms with Crippen LogP contribution in [0.15, 0.2) is 40.0 Å². The summed E-state index contributed by atoms with van der Waals surface area (Å²) < 4.78 is 15.3. The molecule has 1 aromatic heterocycles. The molecule has 2 nitrogen and oxygen atoms in total. The van der Waals surface area contributed by atoms with Gasteiger partial charge in [-0.25, -0.2) is 4.39 Å². The van der Waals surface area contributed by atoms with Crippen molar-refractivity contribution in [2.45, 2.75) is 10.6 Å². The lowest BCUT2D eigenvalue weighted by Gasteiger charge is -2.01. The minimum Gasteiger partial charge on any atom is -0.275 e. The first-order valence-electron chi connectivity index (χ1n) is 4.70. The number of nitrogens with zero attached hydrogens (tertiary/aromatic N) is 2. The van der Waals surface area contributed by atoms with Gasteiger partial charge in [-0.15, -0.1) is 11.8 Å². The van der Waals surface area contributed by atoms with Crippen LogP contribution < -0.4 is 0 Å². The molecule has 0 saturated carbocycles. The van der Waals surface area contributed by atoms with E-state index in [0.29, 0.717) is 4.47 Å². The van der Waals surface area contributed by atoms with Crippen LogP contribution in [0.3, 0.4) is 0 Å². The average molecular weight is 301 g/mol. The predicted molar refractivity (Wildman–Crippen MR) is 66.9 cm³/mol. The molecule has 16 heavy (non-hydrogen) atoms. The molecule has 1 heterocycles. The van der Waals surface area contributed by atoms with Crippen LogP contribution in [0.2, 0.25) is 0 Å². The Morgan fingerprint density at radius 2 is 2.31 bits per heavy atom. The smallest absolute Gasteiger partial charge is 0.137 e. The van der Waals surface area contributed by atoms with E-state index in [0.717, 1.165) is 16.2 Å². The number of hydrogen-bond donors (Lipinski definition) is 0. The third-order valence-corrected chi connectivity index (χ3v) is 3.70. The van der Waals surface area contributed by atoms with Gasteiger partial charge in [-0.3, -0.25) is 4.68 Å². The van der Waals surface area contributed by atoms with Crippen LogP contribution in [0.4, 0.5) is 4.39 Å². The third kappa shape index (κ3) is 2.86. The van der Waals surface area contributed by atoms with Gasteiger partial charge in [0.05, 0.1) is 10.7 Å². The number of aromatic nitrogens is 2. The van der Waals surface area contributed by atoms with E-state index < -0.39 is 0 Å². The van der Waals surface area contributed by atoms with Gasteiger partial charge in [0, 0.05) is 23.9 Å². The Kier molecular flexibility index (Phi) is 3.66. The molecule has 84 valence electrons. The van der Waals surface area contributed by atoms with E-state index in [9.17, 15) is 4.39 Å². The van der Waals surface area contributed by atoms with Crippen molar-refractivity contribution in [3.05, 3.63) is 46.4 Å². The lowest BCUT2D eigenvalue weighted by molar-refractivity contribution is 0.620. The first-order valence-corrected chi connectivity index (χ1v) is 6.48. The van der Waals surface area contributed by atoms with E-state index in [4.69, 9.17) is 0 Å². The maximum absolute atomic E-state index is 13.0. The zero-order chi connectivity index (χ0) is 11.5. The summed E-state index contributed by atoms with van der Waals surface area (Å²) >= 11 is 4.86. The van der Waals surface area contributed by atoms with Gasteiger partial charge in [-0.1, -0.05) is 6.07 Å². The lowest BCUT2D eigenvalue weighted by Crippen LogP contribution is -1.84. The van der Waals surface area contributed by atoms with Gasteiger partial charge in [0.2, 0.25) is 0 Å². The van der Waals surface area contributed by atoms with E-state index in [1.165, 1.54) is 6.07 Å². The molecule has 0 bridgehead atoms. The number of benzene rings is 1. The average Bonchev–Trinajstić information content (AvgIpc) is 2.66. The standard InChI is InChI=1S/C11H10BrFN2S/c1-15-6-9(5-14-15)16-7-8-2-3-11(13)10(12)4-8/h2-6H,7H2,1H3.